The lowest BCUT2D eigenvalue weighted by Gasteiger charge is -2.06. The minimum Gasteiger partial charge on any atom is -0.461 e. The molecule has 0 fully saturated rings. The molecule has 0 spiro atoms. The number of esters is 1. The van der Waals surface area contributed by atoms with E-state index in [2.05, 4.69) is 10.2 Å². The van der Waals surface area contributed by atoms with Crippen LogP contribution in [0.25, 0.3) is 0 Å². The fraction of sp³-hybridized carbons (Fsp3) is 0.211. The molecule has 0 unspecified atom stereocenters. The van der Waals surface area contributed by atoms with Crippen molar-refractivity contribution in [1.29, 1.82) is 0 Å². The Bertz CT molecular complexity index is 891. The highest BCUT2D eigenvalue weighted by molar-refractivity contribution is 7.99. The SMILES string of the molecule is O=C(OCCSc1n[nH]c(=O)n1CCc1ccccc1)c1ccccc1. The topological polar surface area (TPSA) is 77.0 Å². The molecule has 1 N–H and O–H groups in total. The maximum Gasteiger partial charge on any atom is 0.343 e. The molecule has 0 radical (unpaired) electrons. The highest BCUT2D eigenvalue weighted by atomic mass is 32.2. The first-order valence-corrected chi connectivity index (χ1v) is 9.27. The fourth-order valence-electron chi connectivity index (χ4n) is 2.42. The summed E-state index contributed by atoms with van der Waals surface area (Å²) in [6, 6.07) is 18.8. The van der Waals surface area contributed by atoms with E-state index in [1.54, 1.807) is 28.8 Å². The zero-order valence-electron chi connectivity index (χ0n) is 14.1. The van der Waals surface area contributed by atoms with E-state index in [1.165, 1.54) is 11.8 Å². The van der Waals surface area contributed by atoms with Crippen molar-refractivity contribution in [2.75, 3.05) is 12.4 Å². The van der Waals surface area contributed by atoms with Crippen molar-refractivity contribution < 1.29 is 9.53 Å². The fourth-order valence-corrected chi connectivity index (χ4v) is 3.21. The second kappa shape index (κ2) is 9.05. The molecule has 2 aromatic carbocycles. The zero-order chi connectivity index (χ0) is 18.2. The van der Waals surface area contributed by atoms with E-state index in [4.69, 9.17) is 4.74 Å². The number of rotatable bonds is 8. The van der Waals surface area contributed by atoms with Gasteiger partial charge in [-0.15, -0.1) is 5.10 Å². The van der Waals surface area contributed by atoms with Gasteiger partial charge in [0.15, 0.2) is 5.16 Å². The largest absolute Gasteiger partial charge is 0.461 e. The molecule has 0 saturated carbocycles. The maximum atomic E-state index is 11.9. The quantitative estimate of drug-likeness (QED) is 0.375. The number of aryl methyl sites for hydroxylation is 1. The minimum atomic E-state index is -0.352. The highest BCUT2D eigenvalue weighted by Gasteiger charge is 2.10. The van der Waals surface area contributed by atoms with Gasteiger partial charge in [-0.05, 0) is 24.1 Å². The molecule has 7 heteroatoms. The first kappa shape index (κ1) is 18.0. The summed E-state index contributed by atoms with van der Waals surface area (Å²) in [5.41, 5.74) is 1.45. The van der Waals surface area contributed by atoms with Crippen LogP contribution in [-0.4, -0.2) is 33.1 Å². The van der Waals surface area contributed by atoms with Gasteiger partial charge in [0.1, 0.15) is 6.61 Å². The minimum absolute atomic E-state index is 0.232. The van der Waals surface area contributed by atoms with E-state index in [9.17, 15) is 9.59 Å². The van der Waals surface area contributed by atoms with Gasteiger partial charge >= 0.3 is 11.7 Å². The number of carbonyl (C=O) groups excluding carboxylic acids is 1. The third kappa shape index (κ3) is 4.86. The third-order valence-corrected chi connectivity index (χ3v) is 4.69. The molecule has 134 valence electrons. The molecule has 3 aromatic rings. The number of thioether (sulfide) groups is 1. The van der Waals surface area contributed by atoms with Crippen molar-refractivity contribution in [2.24, 2.45) is 0 Å². The number of nitrogens with one attached hydrogen (secondary N) is 1. The smallest absolute Gasteiger partial charge is 0.343 e. The number of aromatic nitrogens is 3. The van der Waals surface area contributed by atoms with Crippen LogP contribution in [0, 0.1) is 0 Å². The Hall–Kier alpha value is -2.80. The van der Waals surface area contributed by atoms with Crippen molar-refractivity contribution in [3.05, 3.63) is 82.3 Å². The predicted molar refractivity (Wildman–Crippen MR) is 100 cm³/mol. The molecule has 0 amide bonds. The van der Waals surface area contributed by atoms with Crippen LogP contribution in [0.4, 0.5) is 0 Å². The van der Waals surface area contributed by atoms with E-state index >= 15 is 0 Å². The summed E-state index contributed by atoms with van der Waals surface area (Å²) in [4.78, 5) is 23.8. The van der Waals surface area contributed by atoms with Gasteiger partial charge in [-0.25, -0.2) is 14.7 Å². The van der Waals surface area contributed by atoms with Gasteiger partial charge in [-0.3, -0.25) is 4.57 Å². The van der Waals surface area contributed by atoms with Crippen LogP contribution in [0.1, 0.15) is 15.9 Å². The number of hydrogen-bond donors (Lipinski definition) is 1. The van der Waals surface area contributed by atoms with Crippen molar-refractivity contribution in [2.45, 2.75) is 18.1 Å². The van der Waals surface area contributed by atoms with Crippen molar-refractivity contribution in [1.82, 2.24) is 14.8 Å². The van der Waals surface area contributed by atoms with Gasteiger partial charge in [-0.1, -0.05) is 60.3 Å². The van der Waals surface area contributed by atoms with E-state index in [0.29, 0.717) is 23.0 Å². The predicted octanol–water partition coefficient (Wildman–Crippen LogP) is 2.76. The summed E-state index contributed by atoms with van der Waals surface area (Å²) < 4.78 is 6.85. The zero-order valence-corrected chi connectivity index (χ0v) is 14.9. The van der Waals surface area contributed by atoms with Crippen molar-refractivity contribution in [3.8, 4) is 0 Å². The highest BCUT2D eigenvalue weighted by Crippen LogP contribution is 2.14. The van der Waals surface area contributed by atoms with Crippen LogP contribution in [0.2, 0.25) is 0 Å². The van der Waals surface area contributed by atoms with Gasteiger partial charge in [0.25, 0.3) is 0 Å². The number of ether oxygens (including phenoxy) is 1. The summed E-state index contributed by atoms with van der Waals surface area (Å²) in [6.45, 7) is 0.795. The molecule has 3 rings (SSSR count). The molecule has 0 bridgehead atoms. The maximum absolute atomic E-state index is 11.9. The van der Waals surface area contributed by atoms with Crippen LogP contribution in [0.3, 0.4) is 0 Å². The molecule has 0 saturated heterocycles. The van der Waals surface area contributed by atoms with Gasteiger partial charge in [0.05, 0.1) is 5.56 Å². The van der Waals surface area contributed by atoms with E-state index in [0.717, 1.165) is 12.0 Å². The summed E-state index contributed by atoms with van der Waals surface area (Å²) in [5, 5.41) is 7.13. The molecular weight excluding hydrogens is 350 g/mol. The number of carbonyl (C=O) groups is 1. The second-order valence-electron chi connectivity index (χ2n) is 5.55. The van der Waals surface area contributed by atoms with Crippen LogP contribution in [0.15, 0.2) is 70.6 Å². The Morgan fingerprint density at radius 2 is 1.77 bits per heavy atom. The van der Waals surface area contributed by atoms with Crippen LogP contribution in [0.5, 0.6) is 0 Å². The average Bonchev–Trinajstić information content (AvgIpc) is 3.04. The molecule has 26 heavy (non-hydrogen) atoms. The Kier molecular flexibility index (Phi) is 6.27. The summed E-state index contributed by atoms with van der Waals surface area (Å²) in [6.07, 6.45) is 0.747. The van der Waals surface area contributed by atoms with Gasteiger partial charge < -0.3 is 4.74 Å². The number of H-pyrrole nitrogens is 1. The molecule has 0 atom stereocenters. The van der Waals surface area contributed by atoms with Crippen molar-refractivity contribution in [3.63, 3.8) is 0 Å². The van der Waals surface area contributed by atoms with E-state index in [1.807, 2.05) is 36.4 Å². The number of benzene rings is 2. The van der Waals surface area contributed by atoms with E-state index < -0.39 is 0 Å². The standard InChI is InChI=1S/C19H19N3O3S/c23-17(16-9-5-2-6-10-16)25-13-14-26-19-21-20-18(24)22(19)12-11-15-7-3-1-4-8-15/h1-10H,11-14H2,(H,20,24). The monoisotopic (exact) mass is 369 g/mol. The molecule has 0 aliphatic rings. The van der Waals surface area contributed by atoms with Crippen molar-refractivity contribution >= 4 is 17.7 Å². The van der Waals surface area contributed by atoms with Crippen LogP contribution in [-0.2, 0) is 17.7 Å². The summed E-state index contributed by atoms with van der Waals surface area (Å²) in [5.74, 6) is 0.170. The molecular formula is C19H19N3O3S. The lowest BCUT2D eigenvalue weighted by molar-refractivity contribution is 0.0530. The molecule has 6 nitrogen and oxygen atoms in total. The molecule has 0 aliphatic carbocycles. The van der Waals surface area contributed by atoms with Gasteiger partial charge in [-0.2, -0.15) is 0 Å². The number of hydrogen-bond acceptors (Lipinski definition) is 5. The molecule has 0 aliphatic heterocycles. The Labute approximate surface area is 155 Å². The second-order valence-corrected chi connectivity index (χ2v) is 6.61. The van der Waals surface area contributed by atoms with Crippen LogP contribution >= 0.6 is 11.8 Å². The van der Waals surface area contributed by atoms with E-state index in [-0.39, 0.29) is 18.3 Å². The molecule has 1 aromatic heterocycles. The first-order chi connectivity index (χ1) is 12.7. The lowest BCUT2D eigenvalue weighted by atomic mass is 10.1. The first-order valence-electron chi connectivity index (χ1n) is 8.28. The van der Waals surface area contributed by atoms with Gasteiger partial charge in [0.2, 0.25) is 0 Å². The Morgan fingerprint density at radius 3 is 2.50 bits per heavy atom. The average molecular weight is 369 g/mol. The normalized spacial score (nSPS) is 10.6. The third-order valence-electron chi connectivity index (χ3n) is 3.75. The lowest BCUT2D eigenvalue weighted by Crippen LogP contribution is -2.19. The van der Waals surface area contributed by atoms with Gasteiger partial charge in [0, 0.05) is 12.3 Å². The van der Waals surface area contributed by atoms with Crippen LogP contribution < -0.4 is 5.69 Å². The summed E-state index contributed by atoms with van der Waals surface area (Å²) >= 11 is 1.38. The Balaban J connectivity index is 1.49. The summed E-state index contributed by atoms with van der Waals surface area (Å²) in [7, 11) is 0. The number of nitrogens with zero attached hydrogens (tertiary/aromatic N) is 2. The molecule has 1 heterocycles. The number of aromatic amines is 1. The Morgan fingerprint density at radius 1 is 1.08 bits per heavy atom.